The molecule has 6 atom stereocenters. The number of aliphatic hydroxyl groups is 1. The predicted molar refractivity (Wildman–Crippen MR) is 173 cm³/mol. The summed E-state index contributed by atoms with van der Waals surface area (Å²) in [5.74, 6) is -1.30. The summed E-state index contributed by atoms with van der Waals surface area (Å²) in [6.07, 6.45) is 7.99. The highest BCUT2D eigenvalue weighted by molar-refractivity contribution is 8.02. The number of thioether (sulfide) groups is 1. The Labute approximate surface area is 260 Å². The Balaban J connectivity index is 1.29. The number of ether oxygens (including phenoxy) is 1. The van der Waals surface area contributed by atoms with Gasteiger partial charge in [0.1, 0.15) is 11.8 Å². The van der Waals surface area contributed by atoms with E-state index in [2.05, 4.69) is 0 Å². The van der Waals surface area contributed by atoms with Crippen LogP contribution in [0.3, 0.4) is 0 Å². The minimum atomic E-state index is -0.958. The number of carbonyl (C=O) groups is 3. The van der Waals surface area contributed by atoms with Crippen molar-refractivity contribution >= 4 is 51.6 Å². The van der Waals surface area contributed by atoms with Crippen LogP contribution < -0.4 is 14.5 Å². The Hall–Kier alpha value is -4.08. The first-order valence-electron chi connectivity index (χ1n) is 15.2. The van der Waals surface area contributed by atoms with Crippen LogP contribution in [0.15, 0.2) is 91.0 Å². The van der Waals surface area contributed by atoms with Gasteiger partial charge in [-0.25, -0.2) is 0 Å². The number of benzene rings is 3. The van der Waals surface area contributed by atoms with Gasteiger partial charge in [0, 0.05) is 29.7 Å². The molecule has 7 rings (SSSR count). The third kappa shape index (κ3) is 4.36. The molecule has 0 aliphatic carbocycles. The molecular weight excluding hydrogens is 574 g/mol. The highest BCUT2D eigenvalue weighted by Crippen LogP contribution is 2.61. The average molecular weight is 610 g/mol. The van der Waals surface area contributed by atoms with Crippen LogP contribution >= 0.6 is 11.8 Å². The van der Waals surface area contributed by atoms with E-state index in [0.29, 0.717) is 19.7 Å². The van der Waals surface area contributed by atoms with Crippen molar-refractivity contribution in [3.63, 3.8) is 0 Å². The predicted octanol–water partition coefficient (Wildman–Crippen LogP) is 4.42. The molecule has 1 spiro atoms. The molecule has 3 amide bonds. The van der Waals surface area contributed by atoms with Gasteiger partial charge in [-0.15, -0.1) is 11.8 Å². The molecule has 4 heterocycles. The van der Waals surface area contributed by atoms with E-state index in [0.717, 1.165) is 27.9 Å². The Bertz CT molecular complexity index is 1690. The number of aliphatic hydroxyl groups excluding tert-OH is 1. The molecule has 4 aliphatic heterocycles. The lowest BCUT2D eigenvalue weighted by atomic mass is 9.78. The molecule has 0 aromatic heterocycles. The van der Waals surface area contributed by atoms with Crippen LogP contribution in [0.1, 0.15) is 13.8 Å². The first-order chi connectivity index (χ1) is 21.4. The van der Waals surface area contributed by atoms with Crippen molar-refractivity contribution in [3.8, 4) is 5.75 Å². The van der Waals surface area contributed by atoms with E-state index >= 15 is 0 Å². The van der Waals surface area contributed by atoms with Crippen molar-refractivity contribution in [1.82, 2.24) is 4.90 Å². The number of fused-ring (bicyclic) bond motifs is 3. The Morgan fingerprint density at radius 2 is 1.61 bits per heavy atom. The molecule has 0 bridgehead atoms. The molecule has 2 fully saturated rings. The standard InChI is InChI=1S/C35H35N3O5S/c1-3-43-27-15-13-25(14-16-27)36-18-6-10-28-29(32(36)40)30-33(41)38(22(2)21-39)31-34(42)37(19-7-17-35(30,31)44-28)26-12-11-23-8-4-5-9-24(23)20-26/h4-17,20,22,28-31,39H,3,18-19,21H2,1-2H3/t22-,28+,29-,30+,31?,35+/m1/s1. The number of likely N-dealkylation sites (tertiary alicyclic amines) is 1. The van der Waals surface area contributed by atoms with Gasteiger partial charge in [-0.05, 0) is 61.0 Å². The summed E-state index contributed by atoms with van der Waals surface area (Å²) in [5, 5.41) is 12.1. The Morgan fingerprint density at radius 3 is 2.36 bits per heavy atom. The third-order valence-corrected chi connectivity index (χ3v) is 11.1. The third-order valence-electron chi connectivity index (χ3n) is 9.34. The second kappa shape index (κ2) is 11.1. The van der Waals surface area contributed by atoms with E-state index in [9.17, 15) is 19.5 Å². The molecule has 2 saturated heterocycles. The van der Waals surface area contributed by atoms with Crippen LogP contribution in [-0.2, 0) is 14.4 Å². The second-order valence-electron chi connectivity index (χ2n) is 11.8. The maximum atomic E-state index is 14.7. The summed E-state index contributed by atoms with van der Waals surface area (Å²) in [6.45, 7) is 4.67. The SMILES string of the molecule is CCOc1ccc(N2CC=C[C@@H]3S[C@]45C=CCN(c6ccc7ccccc7c6)C(=O)C4N([C@H](C)CO)C(=O)[C@@H]5[C@@H]3C2=O)cc1. The van der Waals surface area contributed by atoms with Crippen molar-refractivity contribution < 1.29 is 24.2 Å². The van der Waals surface area contributed by atoms with Gasteiger partial charge >= 0.3 is 0 Å². The largest absolute Gasteiger partial charge is 0.494 e. The van der Waals surface area contributed by atoms with Crippen molar-refractivity contribution in [2.24, 2.45) is 11.8 Å². The van der Waals surface area contributed by atoms with Crippen LogP contribution in [0, 0.1) is 11.8 Å². The molecule has 0 saturated carbocycles. The fourth-order valence-corrected chi connectivity index (χ4v) is 9.33. The summed E-state index contributed by atoms with van der Waals surface area (Å²) < 4.78 is 4.63. The van der Waals surface area contributed by atoms with E-state index < -0.39 is 28.7 Å². The van der Waals surface area contributed by atoms with E-state index in [4.69, 9.17) is 4.74 Å². The monoisotopic (exact) mass is 609 g/mol. The average Bonchev–Trinajstić information content (AvgIpc) is 3.36. The van der Waals surface area contributed by atoms with Crippen molar-refractivity contribution in [1.29, 1.82) is 0 Å². The first kappa shape index (κ1) is 28.7. The zero-order valence-corrected chi connectivity index (χ0v) is 25.5. The lowest BCUT2D eigenvalue weighted by molar-refractivity contribution is -0.141. The number of hydrogen-bond donors (Lipinski definition) is 1. The van der Waals surface area contributed by atoms with Crippen LogP contribution in [0.25, 0.3) is 10.8 Å². The second-order valence-corrected chi connectivity index (χ2v) is 13.3. The fourth-order valence-electron chi connectivity index (χ4n) is 7.34. The van der Waals surface area contributed by atoms with Crippen LogP contribution in [0.4, 0.5) is 11.4 Å². The van der Waals surface area contributed by atoms with E-state index in [-0.39, 0.29) is 29.6 Å². The summed E-state index contributed by atoms with van der Waals surface area (Å²) in [6, 6.07) is 19.9. The molecule has 0 radical (unpaired) electrons. The fraction of sp³-hybridized carbons (Fsp3) is 0.343. The number of nitrogens with zero attached hydrogens (tertiary/aromatic N) is 3. The maximum Gasteiger partial charge on any atom is 0.251 e. The smallest absolute Gasteiger partial charge is 0.251 e. The van der Waals surface area contributed by atoms with E-state index in [1.54, 1.807) is 21.6 Å². The zero-order valence-electron chi connectivity index (χ0n) is 24.7. The van der Waals surface area contributed by atoms with Gasteiger partial charge in [-0.2, -0.15) is 0 Å². The number of anilines is 2. The number of carbonyl (C=O) groups excluding carboxylic acids is 3. The van der Waals surface area contributed by atoms with Crippen LogP contribution in [0.5, 0.6) is 5.75 Å². The van der Waals surface area contributed by atoms with E-state index in [1.165, 1.54) is 11.8 Å². The molecule has 3 aromatic carbocycles. The minimum Gasteiger partial charge on any atom is -0.494 e. The first-order valence-corrected chi connectivity index (χ1v) is 16.1. The minimum absolute atomic E-state index is 0.138. The summed E-state index contributed by atoms with van der Waals surface area (Å²) in [5.41, 5.74) is 1.48. The number of amides is 3. The van der Waals surface area contributed by atoms with Crippen molar-refractivity contribution in [2.75, 3.05) is 36.1 Å². The van der Waals surface area contributed by atoms with Gasteiger partial charge in [-0.3, -0.25) is 14.4 Å². The van der Waals surface area contributed by atoms with Gasteiger partial charge in [0.05, 0.1) is 35.8 Å². The molecule has 3 aromatic rings. The molecule has 9 heteroatoms. The Kier molecular flexibility index (Phi) is 7.25. The van der Waals surface area contributed by atoms with Crippen LogP contribution in [-0.4, -0.2) is 76.1 Å². The Morgan fingerprint density at radius 1 is 0.909 bits per heavy atom. The summed E-state index contributed by atoms with van der Waals surface area (Å²) in [4.78, 5) is 48.6. The summed E-state index contributed by atoms with van der Waals surface area (Å²) >= 11 is 1.54. The number of hydrogen-bond acceptors (Lipinski definition) is 6. The van der Waals surface area contributed by atoms with Crippen molar-refractivity contribution in [2.45, 2.75) is 35.9 Å². The molecule has 4 aliphatic rings. The quantitative estimate of drug-likeness (QED) is 0.417. The van der Waals surface area contributed by atoms with Gasteiger partial charge in [0.15, 0.2) is 0 Å². The summed E-state index contributed by atoms with van der Waals surface area (Å²) in [7, 11) is 0. The molecule has 1 N–H and O–H groups in total. The van der Waals surface area contributed by atoms with E-state index in [1.807, 2.05) is 98.0 Å². The normalized spacial score (nSPS) is 28.5. The highest BCUT2D eigenvalue weighted by atomic mass is 32.2. The lowest BCUT2D eigenvalue weighted by Crippen LogP contribution is -2.56. The van der Waals surface area contributed by atoms with Gasteiger partial charge in [0.25, 0.3) is 5.91 Å². The molecule has 44 heavy (non-hydrogen) atoms. The lowest BCUT2D eigenvalue weighted by Gasteiger charge is -2.37. The number of rotatable bonds is 6. The highest BCUT2D eigenvalue weighted by Gasteiger charge is 2.71. The van der Waals surface area contributed by atoms with Crippen LogP contribution in [0.2, 0.25) is 0 Å². The van der Waals surface area contributed by atoms with Gasteiger partial charge in [0.2, 0.25) is 11.8 Å². The molecule has 226 valence electrons. The molecule has 1 unspecified atom stereocenters. The molecule has 8 nitrogen and oxygen atoms in total. The van der Waals surface area contributed by atoms with Gasteiger partial charge < -0.3 is 24.5 Å². The van der Waals surface area contributed by atoms with Gasteiger partial charge in [-0.1, -0.05) is 54.6 Å². The molecular formula is C35H35N3O5S. The van der Waals surface area contributed by atoms with Crippen molar-refractivity contribution in [3.05, 3.63) is 91.0 Å². The zero-order chi connectivity index (χ0) is 30.6. The topological polar surface area (TPSA) is 90.4 Å². The maximum absolute atomic E-state index is 14.7.